The number of ether oxygens (including phenoxy) is 11. The minimum Gasteiger partial charge on any atom is -0.493 e. The Morgan fingerprint density at radius 2 is 0.828 bits per heavy atom. The van der Waals surface area contributed by atoms with E-state index >= 15 is 0 Å². The molecule has 6 aliphatic rings. The van der Waals surface area contributed by atoms with Crippen LogP contribution in [-0.4, -0.2) is 287 Å². The Balaban J connectivity index is 1.18. The van der Waals surface area contributed by atoms with Gasteiger partial charge in [-0.25, -0.2) is 0 Å². The predicted octanol–water partition coefficient (Wildman–Crippen LogP) is -11.3. The molecule has 28 heteroatoms. The Hall–Kier alpha value is -1.54. The average molecular weight is 940 g/mol. The van der Waals surface area contributed by atoms with Gasteiger partial charge in [0.25, 0.3) is 0 Å². The fraction of sp³-hybridized carbons (Fsp3) is 0.944. The molecule has 6 heterocycles. The Labute approximate surface area is 363 Å². The third-order valence-corrected chi connectivity index (χ3v) is 12.0. The van der Waals surface area contributed by atoms with Gasteiger partial charge in [0, 0.05) is 0 Å². The van der Waals surface area contributed by atoms with Gasteiger partial charge in [-0.1, -0.05) is 0 Å². The van der Waals surface area contributed by atoms with Crippen LogP contribution in [0.4, 0.5) is 0 Å². The second-order valence-electron chi connectivity index (χ2n) is 16.3. The molecule has 6 aliphatic heterocycles. The molecule has 0 aromatic rings. The predicted molar refractivity (Wildman–Crippen MR) is 197 cm³/mol. The summed E-state index contributed by atoms with van der Waals surface area (Å²) in [6, 6.07) is -1.70. The molecule has 17 unspecified atom stereocenters. The lowest BCUT2D eigenvalue weighted by Crippen LogP contribution is -2.69. The number of aliphatic hydroxyl groups is 16. The van der Waals surface area contributed by atoms with Gasteiger partial charge in [0.05, 0.1) is 51.4 Å². The zero-order valence-corrected chi connectivity index (χ0v) is 34.1. The van der Waals surface area contributed by atoms with E-state index in [0.29, 0.717) is 0 Å². The molecule has 64 heavy (non-hydrogen) atoms. The van der Waals surface area contributed by atoms with E-state index in [-0.39, 0.29) is 0 Å². The summed E-state index contributed by atoms with van der Waals surface area (Å²) in [4.78, 5) is 0. The fourth-order valence-electron chi connectivity index (χ4n) is 8.20. The second kappa shape index (κ2) is 22.3. The molecule has 0 aliphatic carbocycles. The van der Waals surface area contributed by atoms with E-state index in [1.807, 2.05) is 0 Å². The Kier molecular flexibility index (Phi) is 18.0. The lowest BCUT2D eigenvalue weighted by molar-refractivity contribution is -0.390. The Morgan fingerprint density at radius 3 is 1.45 bits per heavy atom. The second-order valence-corrected chi connectivity index (χ2v) is 16.3. The van der Waals surface area contributed by atoms with E-state index in [4.69, 9.17) is 57.8 Å². The number of hydrogen-bond acceptors (Lipinski definition) is 28. The zero-order chi connectivity index (χ0) is 46.9. The van der Waals surface area contributed by atoms with Gasteiger partial charge in [-0.15, -0.1) is 0 Å². The summed E-state index contributed by atoms with van der Waals surface area (Å²) in [7, 11) is 0. The van der Waals surface area contributed by atoms with E-state index in [9.17, 15) is 81.7 Å². The minimum absolute atomic E-state index is 0.623. The maximum Gasteiger partial charge on any atom is 0.187 e. The van der Waals surface area contributed by atoms with Crippen molar-refractivity contribution in [1.29, 1.82) is 0 Å². The van der Waals surface area contributed by atoms with E-state index in [1.54, 1.807) is 0 Å². The van der Waals surface area contributed by atoms with Crippen LogP contribution in [0.5, 0.6) is 0 Å². The smallest absolute Gasteiger partial charge is 0.187 e. The molecule has 0 radical (unpaired) electrons. The maximum absolute atomic E-state index is 11.5. The summed E-state index contributed by atoms with van der Waals surface area (Å²) in [6.45, 7) is -2.96. The van der Waals surface area contributed by atoms with Gasteiger partial charge in [-0.3, -0.25) is 0 Å². The van der Waals surface area contributed by atoms with Gasteiger partial charge in [-0.05, 0) is 13.0 Å². The van der Waals surface area contributed by atoms with Crippen LogP contribution in [0.15, 0.2) is 12.3 Å². The first-order valence-electron chi connectivity index (χ1n) is 20.6. The number of rotatable bonds is 15. The molecular weight excluding hydrogens is 878 g/mol. The Morgan fingerprint density at radius 1 is 0.391 bits per heavy atom. The third kappa shape index (κ3) is 10.5. The monoisotopic (exact) mass is 939 g/mol. The van der Waals surface area contributed by atoms with Gasteiger partial charge >= 0.3 is 0 Å². The van der Waals surface area contributed by atoms with Crippen molar-refractivity contribution in [2.75, 3.05) is 33.0 Å². The van der Waals surface area contributed by atoms with E-state index in [0.717, 1.165) is 6.26 Å². The molecule has 372 valence electrons. The number of nitrogens with two attached hydrogens (primary N) is 1. The first-order chi connectivity index (χ1) is 30.4. The van der Waals surface area contributed by atoms with Crippen LogP contribution in [0.25, 0.3) is 0 Å². The third-order valence-electron chi connectivity index (χ3n) is 12.0. The van der Waals surface area contributed by atoms with Crippen LogP contribution in [0.1, 0.15) is 6.92 Å². The zero-order valence-electron chi connectivity index (χ0n) is 34.1. The van der Waals surface area contributed by atoms with Gasteiger partial charge in [-0.2, -0.15) is 0 Å². The Bertz CT molecular complexity index is 1470. The highest BCUT2D eigenvalue weighted by Gasteiger charge is 2.57. The summed E-state index contributed by atoms with van der Waals surface area (Å²) >= 11 is 0. The van der Waals surface area contributed by atoms with Crippen LogP contribution < -0.4 is 5.73 Å². The molecule has 0 spiro atoms. The summed E-state index contributed by atoms with van der Waals surface area (Å²) in [5, 5.41) is 170. The van der Waals surface area contributed by atoms with Crippen LogP contribution >= 0.6 is 0 Å². The lowest BCUT2D eigenvalue weighted by atomic mass is 9.94. The van der Waals surface area contributed by atoms with Crippen molar-refractivity contribution in [1.82, 2.24) is 0 Å². The topological polar surface area (TPSA) is 451 Å². The minimum atomic E-state index is -2.10. The highest BCUT2D eigenvalue weighted by Crippen LogP contribution is 2.36. The van der Waals surface area contributed by atoms with Gasteiger partial charge in [0.2, 0.25) is 0 Å². The van der Waals surface area contributed by atoms with Crippen LogP contribution in [-0.2, 0) is 52.1 Å². The highest BCUT2D eigenvalue weighted by atomic mass is 16.8. The van der Waals surface area contributed by atoms with E-state index < -0.39 is 205 Å². The largest absolute Gasteiger partial charge is 0.493 e. The maximum atomic E-state index is 11.5. The molecule has 0 aromatic carbocycles. The van der Waals surface area contributed by atoms with E-state index in [2.05, 4.69) is 0 Å². The fourth-order valence-corrected chi connectivity index (χ4v) is 8.20. The molecule has 28 nitrogen and oxygen atoms in total. The summed E-state index contributed by atoms with van der Waals surface area (Å²) in [6.07, 6.45) is -44.3. The molecule has 5 saturated heterocycles. The summed E-state index contributed by atoms with van der Waals surface area (Å²) in [5.74, 6) is 0. The van der Waals surface area contributed by atoms with Gasteiger partial charge in [0.15, 0.2) is 31.5 Å². The molecule has 28 atom stereocenters. The standard InChI is InChI=1S/C36H61NO27/c1-9-17(44)21(48)24(51)33(55-9)64-31-22(49)18(45)11(4-38)58-36(31)62-29-16(37)32(56-12(5-39)19(29)46)63-30-20(47)13(6-40)57-35(26(30)53)61-28-15(8-42)59-34(25(52)23(28)50)60-27-10(43)2-3-54-14(27)7-41/h2-3,9-36,38-53H,4-8,37H2,1H3/t9?,10?,11?,12?,13?,14?,15?,16?,17-,18-,19-,20-,21?,22?,23?,24?,25?,26?,27-,28-,29?,30?,31?,32-,33-,34-,35+,36-/m0/s1. The SMILES string of the molecule is CC1O[C@@H](OC2C(O)[C@@H](O)C(CO)O[C@H]2OC2C(N)[C@H](OC3C(O)[C@@H](O[C@H]4C(CO)O[C@@H](O[C@H]5C(O)C=COC5CO)C(O)C4O)OC(CO)[C@@H]3O)OC(CO)[C@@H]2O)C(O)C(O)[C@H]1O. The quantitative estimate of drug-likeness (QED) is 0.0725. The van der Waals surface area contributed by atoms with E-state index in [1.165, 1.54) is 13.0 Å². The first kappa shape index (κ1) is 51.8. The molecule has 0 amide bonds. The van der Waals surface area contributed by atoms with Crippen molar-refractivity contribution < 1.29 is 134 Å². The lowest BCUT2D eigenvalue weighted by Gasteiger charge is -2.50. The average Bonchev–Trinajstić information content (AvgIpc) is 3.28. The van der Waals surface area contributed by atoms with Crippen molar-refractivity contribution >= 4 is 0 Å². The molecule has 5 fully saturated rings. The van der Waals surface area contributed by atoms with Crippen LogP contribution in [0, 0.1) is 0 Å². The summed E-state index contributed by atoms with van der Waals surface area (Å²) in [5.41, 5.74) is 6.48. The summed E-state index contributed by atoms with van der Waals surface area (Å²) < 4.78 is 62.3. The highest BCUT2D eigenvalue weighted by molar-refractivity contribution is 5.01. The number of hydrogen-bond donors (Lipinski definition) is 17. The van der Waals surface area contributed by atoms with Crippen molar-refractivity contribution in [3.05, 3.63) is 12.3 Å². The molecule has 18 N–H and O–H groups in total. The molecule has 0 bridgehead atoms. The molecular formula is C36H61NO27. The van der Waals surface area contributed by atoms with Gasteiger partial charge < -0.3 is 140 Å². The first-order valence-corrected chi connectivity index (χ1v) is 20.6. The van der Waals surface area contributed by atoms with Crippen molar-refractivity contribution in [3.63, 3.8) is 0 Å². The van der Waals surface area contributed by atoms with Crippen LogP contribution in [0.3, 0.4) is 0 Å². The normalized spacial score (nSPS) is 52.6. The van der Waals surface area contributed by atoms with Gasteiger partial charge in [0.1, 0.15) is 128 Å². The number of aliphatic hydroxyl groups excluding tert-OH is 16. The van der Waals surface area contributed by atoms with Crippen molar-refractivity contribution in [2.24, 2.45) is 5.73 Å². The van der Waals surface area contributed by atoms with Crippen molar-refractivity contribution in [2.45, 2.75) is 179 Å². The van der Waals surface area contributed by atoms with Crippen molar-refractivity contribution in [3.8, 4) is 0 Å². The molecule has 0 aromatic heterocycles. The molecule has 6 rings (SSSR count). The van der Waals surface area contributed by atoms with Crippen LogP contribution in [0.2, 0.25) is 0 Å². The molecule has 0 saturated carbocycles.